The highest BCUT2D eigenvalue weighted by Gasteiger charge is 2.23. The topological polar surface area (TPSA) is 49.2 Å². The van der Waals surface area contributed by atoms with Crippen LogP contribution in [0.1, 0.15) is 31.2 Å². The van der Waals surface area contributed by atoms with Gasteiger partial charge in [0, 0.05) is 12.6 Å². The number of rotatable bonds is 4. The van der Waals surface area contributed by atoms with E-state index < -0.39 is 0 Å². The van der Waals surface area contributed by atoms with Crippen molar-refractivity contribution in [3.8, 4) is 0 Å². The van der Waals surface area contributed by atoms with Crippen LogP contribution in [0.3, 0.4) is 0 Å². The SMILES string of the molecule is Cc1cnnc(N(CCO)C2CCCC2)c1. The van der Waals surface area contributed by atoms with E-state index >= 15 is 0 Å². The zero-order valence-corrected chi connectivity index (χ0v) is 9.76. The van der Waals surface area contributed by atoms with Gasteiger partial charge in [-0.2, -0.15) is 5.10 Å². The minimum absolute atomic E-state index is 0.173. The van der Waals surface area contributed by atoms with Gasteiger partial charge in [-0.15, -0.1) is 5.10 Å². The van der Waals surface area contributed by atoms with Gasteiger partial charge in [0.25, 0.3) is 0 Å². The highest BCUT2D eigenvalue weighted by atomic mass is 16.3. The molecule has 0 aliphatic heterocycles. The van der Waals surface area contributed by atoms with Crippen molar-refractivity contribution in [2.75, 3.05) is 18.1 Å². The molecule has 0 radical (unpaired) electrons. The molecule has 16 heavy (non-hydrogen) atoms. The number of aliphatic hydroxyl groups is 1. The highest BCUT2D eigenvalue weighted by molar-refractivity contribution is 5.40. The van der Waals surface area contributed by atoms with E-state index in [2.05, 4.69) is 15.1 Å². The van der Waals surface area contributed by atoms with Crippen LogP contribution in [0.4, 0.5) is 5.82 Å². The lowest BCUT2D eigenvalue weighted by atomic mass is 10.2. The van der Waals surface area contributed by atoms with Gasteiger partial charge in [0.2, 0.25) is 0 Å². The van der Waals surface area contributed by atoms with Crippen LogP contribution in [0.5, 0.6) is 0 Å². The molecule has 0 aromatic carbocycles. The molecule has 1 heterocycles. The van der Waals surface area contributed by atoms with Crippen molar-refractivity contribution in [3.63, 3.8) is 0 Å². The number of aryl methyl sites for hydroxylation is 1. The fraction of sp³-hybridized carbons (Fsp3) is 0.667. The first-order valence-corrected chi connectivity index (χ1v) is 5.98. The largest absolute Gasteiger partial charge is 0.395 e. The van der Waals surface area contributed by atoms with Gasteiger partial charge in [-0.05, 0) is 31.4 Å². The molecule has 1 N–H and O–H groups in total. The van der Waals surface area contributed by atoms with Crippen molar-refractivity contribution >= 4 is 5.82 Å². The predicted octanol–water partition coefficient (Wildman–Crippen LogP) is 1.53. The third kappa shape index (κ3) is 2.50. The average Bonchev–Trinajstić information content (AvgIpc) is 2.79. The number of aromatic nitrogens is 2. The van der Waals surface area contributed by atoms with Crippen LogP contribution in [0, 0.1) is 6.92 Å². The van der Waals surface area contributed by atoms with E-state index in [0.717, 1.165) is 11.4 Å². The smallest absolute Gasteiger partial charge is 0.151 e. The van der Waals surface area contributed by atoms with E-state index in [1.54, 1.807) is 6.20 Å². The molecule has 0 unspecified atom stereocenters. The van der Waals surface area contributed by atoms with Crippen LogP contribution in [-0.4, -0.2) is 34.5 Å². The van der Waals surface area contributed by atoms with Gasteiger partial charge in [-0.3, -0.25) is 0 Å². The Kier molecular flexibility index (Phi) is 3.72. The Morgan fingerprint density at radius 3 is 2.81 bits per heavy atom. The first-order chi connectivity index (χ1) is 7.81. The Labute approximate surface area is 96.3 Å². The Bertz CT molecular complexity index is 337. The zero-order valence-electron chi connectivity index (χ0n) is 9.76. The maximum absolute atomic E-state index is 9.14. The quantitative estimate of drug-likeness (QED) is 0.837. The number of hydrogen-bond donors (Lipinski definition) is 1. The molecule has 0 saturated heterocycles. The van der Waals surface area contributed by atoms with Gasteiger partial charge in [0.1, 0.15) is 0 Å². The summed E-state index contributed by atoms with van der Waals surface area (Å²) >= 11 is 0. The first kappa shape index (κ1) is 11.3. The molecule has 0 atom stereocenters. The van der Waals surface area contributed by atoms with Crippen molar-refractivity contribution in [2.24, 2.45) is 0 Å². The summed E-state index contributed by atoms with van der Waals surface area (Å²) in [6.45, 7) is 2.85. The van der Waals surface area contributed by atoms with Crippen molar-refractivity contribution in [3.05, 3.63) is 17.8 Å². The van der Waals surface area contributed by atoms with E-state index in [1.165, 1.54) is 25.7 Å². The predicted molar refractivity (Wildman–Crippen MR) is 63.5 cm³/mol. The minimum Gasteiger partial charge on any atom is -0.395 e. The minimum atomic E-state index is 0.173. The molecule has 1 aliphatic rings. The molecule has 1 fully saturated rings. The number of anilines is 1. The third-order valence-corrected chi connectivity index (χ3v) is 3.18. The first-order valence-electron chi connectivity index (χ1n) is 5.98. The van der Waals surface area contributed by atoms with Gasteiger partial charge in [-0.1, -0.05) is 12.8 Å². The second kappa shape index (κ2) is 5.25. The second-order valence-corrected chi connectivity index (χ2v) is 4.45. The normalized spacial score (nSPS) is 16.6. The van der Waals surface area contributed by atoms with E-state index in [-0.39, 0.29) is 6.61 Å². The van der Waals surface area contributed by atoms with E-state index in [1.807, 2.05) is 13.0 Å². The van der Waals surface area contributed by atoms with Crippen LogP contribution in [0.2, 0.25) is 0 Å². The van der Waals surface area contributed by atoms with Crippen molar-refractivity contribution in [1.29, 1.82) is 0 Å². The molecule has 0 bridgehead atoms. The van der Waals surface area contributed by atoms with Crippen LogP contribution >= 0.6 is 0 Å². The molecule has 4 heteroatoms. The van der Waals surface area contributed by atoms with Crippen LogP contribution < -0.4 is 4.90 Å². The maximum atomic E-state index is 9.14. The number of aliphatic hydroxyl groups excluding tert-OH is 1. The Balaban J connectivity index is 2.17. The van der Waals surface area contributed by atoms with Gasteiger partial charge in [-0.25, -0.2) is 0 Å². The summed E-state index contributed by atoms with van der Waals surface area (Å²) in [6, 6.07) is 2.57. The summed E-state index contributed by atoms with van der Waals surface area (Å²) in [4.78, 5) is 2.20. The molecule has 1 aromatic heterocycles. The summed E-state index contributed by atoms with van der Waals surface area (Å²) in [5, 5.41) is 17.3. The Morgan fingerprint density at radius 1 is 1.44 bits per heavy atom. The fourth-order valence-corrected chi connectivity index (χ4v) is 2.40. The molecule has 1 aromatic rings. The summed E-state index contributed by atoms with van der Waals surface area (Å²) < 4.78 is 0. The molecule has 2 rings (SSSR count). The van der Waals surface area contributed by atoms with E-state index in [4.69, 9.17) is 5.11 Å². The summed E-state index contributed by atoms with van der Waals surface area (Å²) in [6.07, 6.45) is 6.73. The Morgan fingerprint density at radius 2 is 2.19 bits per heavy atom. The van der Waals surface area contributed by atoms with Gasteiger partial charge in [0.15, 0.2) is 5.82 Å². The monoisotopic (exact) mass is 221 g/mol. The second-order valence-electron chi connectivity index (χ2n) is 4.45. The van der Waals surface area contributed by atoms with Crippen LogP contribution in [0.25, 0.3) is 0 Å². The fourth-order valence-electron chi connectivity index (χ4n) is 2.40. The summed E-state index contributed by atoms with van der Waals surface area (Å²) in [5.41, 5.74) is 1.12. The molecule has 1 aliphatic carbocycles. The van der Waals surface area contributed by atoms with E-state index in [9.17, 15) is 0 Å². The maximum Gasteiger partial charge on any atom is 0.151 e. The van der Waals surface area contributed by atoms with E-state index in [0.29, 0.717) is 12.6 Å². The lowest BCUT2D eigenvalue weighted by molar-refractivity contribution is 0.296. The third-order valence-electron chi connectivity index (χ3n) is 3.18. The molecule has 0 spiro atoms. The molecular formula is C12H19N3O. The zero-order chi connectivity index (χ0) is 11.4. The van der Waals surface area contributed by atoms with Crippen molar-refractivity contribution in [2.45, 2.75) is 38.6 Å². The lowest BCUT2D eigenvalue weighted by Gasteiger charge is -2.29. The lowest BCUT2D eigenvalue weighted by Crippen LogP contribution is -2.36. The summed E-state index contributed by atoms with van der Waals surface area (Å²) in [5.74, 6) is 0.904. The average molecular weight is 221 g/mol. The van der Waals surface area contributed by atoms with Gasteiger partial charge in [0.05, 0.1) is 12.8 Å². The van der Waals surface area contributed by atoms with Crippen molar-refractivity contribution < 1.29 is 5.11 Å². The number of hydrogen-bond acceptors (Lipinski definition) is 4. The van der Waals surface area contributed by atoms with Crippen LogP contribution in [0.15, 0.2) is 12.3 Å². The molecule has 88 valence electrons. The molecule has 4 nitrogen and oxygen atoms in total. The molecule has 1 saturated carbocycles. The van der Waals surface area contributed by atoms with Crippen molar-refractivity contribution in [1.82, 2.24) is 10.2 Å². The molecular weight excluding hydrogens is 202 g/mol. The highest BCUT2D eigenvalue weighted by Crippen LogP contribution is 2.26. The standard InChI is InChI=1S/C12H19N3O/c1-10-8-12(14-13-9-10)15(6-7-16)11-4-2-3-5-11/h8-9,11,16H,2-7H2,1H3. The summed E-state index contributed by atoms with van der Waals surface area (Å²) in [7, 11) is 0. The number of nitrogens with zero attached hydrogens (tertiary/aromatic N) is 3. The molecule has 0 amide bonds. The van der Waals surface area contributed by atoms with Crippen LogP contribution in [-0.2, 0) is 0 Å². The Hall–Kier alpha value is -1.16. The van der Waals surface area contributed by atoms with Gasteiger partial charge >= 0.3 is 0 Å². The van der Waals surface area contributed by atoms with Gasteiger partial charge < -0.3 is 10.0 Å².